The maximum atomic E-state index is 12.3. The van der Waals surface area contributed by atoms with Crippen LogP contribution in [0, 0.1) is 0 Å². The predicted molar refractivity (Wildman–Crippen MR) is 132 cm³/mol. The average molecular weight is 507 g/mol. The Morgan fingerprint density at radius 2 is 1.97 bits per heavy atom. The summed E-state index contributed by atoms with van der Waals surface area (Å²) >= 11 is 1.60. The van der Waals surface area contributed by atoms with Crippen molar-refractivity contribution < 1.29 is 22.8 Å². The lowest BCUT2D eigenvalue weighted by molar-refractivity contribution is 0.0204. The molecule has 34 heavy (non-hydrogen) atoms. The molecular weight excluding hydrogens is 476 g/mol. The van der Waals surface area contributed by atoms with Gasteiger partial charge in [-0.3, -0.25) is 15.0 Å². The van der Waals surface area contributed by atoms with E-state index >= 15 is 0 Å². The summed E-state index contributed by atoms with van der Waals surface area (Å²) in [5.41, 5.74) is 5.14. The molecule has 1 aromatic heterocycles. The number of nitrogens with one attached hydrogen (secondary N) is 2. The number of aromatic nitrogens is 1. The number of likely N-dealkylation sites (tertiary alicyclic amines) is 1. The monoisotopic (exact) mass is 506 g/mol. The smallest absolute Gasteiger partial charge is 0.410 e. The van der Waals surface area contributed by atoms with Crippen molar-refractivity contribution in [1.29, 1.82) is 0 Å². The standard InChI is InChI=1S/C23H30N4O5S2/c1-23(2,3)31-22(28)27-11-9-15(10-12-27)21-24-19(14-33-21)18-13-20(32-25-18)16-7-5-6-8-17(16)26-34(4,29)30/h5-8,13-15,20,25-26H,9-12H2,1-4H3. The van der Waals surface area contributed by atoms with Gasteiger partial charge >= 0.3 is 6.09 Å². The third-order valence-electron chi connectivity index (χ3n) is 5.47. The van der Waals surface area contributed by atoms with Gasteiger partial charge in [0, 0.05) is 30.0 Å². The highest BCUT2D eigenvalue weighted by Crippen LogP contribution is 2.36. The van der Waals surface area contributed by atoms with E-state index in [9.17, 15) is 13.2 Å². The highest BCUT2D eigenvalue weighted by molar-refractivity contribution is 7.92. The molecule has 11 heteroatoms. The zero-order valence-electron chi connectivity index (χ0n) is 19.7. The van der Waals surface area contributed by atoms with E-state index < -0.39 is 21.7 Å². The first-order chi connectivity index (χ1) is 16.0. The van der Waals surface area contributed by atoms with Gasteiger partial charge in [0.25, 0.3) is 0 Å². The summed E-state index contributed by atoms with van der Waals surface area (Å²) in [4.78, 5) is 24.6. The number of thiazole rings is 1. The van der Waals surface area contributed by atoms with Crippen molar-refractivity contribution in [2.24, 2.45) is 0 Å². The van der Waals surface area contributed by atoms with Crippen LogP contribution in [0.5, 0.6) is 0 Å². The van der Waals surface area contributed by atoms with Crippen molar-refractivity contribution >= 4 is 38.8 Å². The summed E-state index contributed by atoms with van der Waals surface area (Å²) in [5, 5.41) is 3.02. The minimum Gasteiger partial charge on any atom is -0.444 e. The highest BCUT2D eigenvalue weighted by Gasteiger charge is 2.30. The Bertz CT molecular complexity index is 1180. The number of hydrogen-bond acceptors (Lipinski definition) is 8. The number of nitrogens with zero attached hydrogens (tertiary/aromatic N) is 2. The number of hydroxylamine groups is 1. The maximum absolute atomic E-state index is 12.3. The molecule has 1 fully saturated rings. The van der Waals surface area contributed by atoms with Crippen molar-refractivity contribution in [3.8, 4) is 0 Å². The van der Waals surface area contributed by atoms with Crippen LogP contribution in [0.1, 0.15) is 61.9 Å². The zero-order valence-corrected chi connectivity index (χ0v) is 21.3. The third kappa shape index (κ3) is 6.08. The normalized spacial score (nSPS) is 19.5. The number of amides is 1. The van der Waals surface area contributed by atoms with Gasteiger partial charge in [0.15, 0.2) is 0 Å². The summed E-state index contributed by atoms with van der Waals surface area (Å²) < 4.78 is 31.4. The van der Waals surface area contributed by atoms with Crippen molar-refractivity contribution in [2.45, 2.75) is 51.2 Å². The van der Waals surface area contributed by atoms with Crippen LogP contribution < -0.4 is 10.2 Å². The average Bonchev–Trinajstić information content (AvgIpc) is 3.42. The summed E-state index contributed by atoms with van der Waals surface area (Å²) in [6, 6.07) is 7.13. The molecule has 0 aliphatic carbocycles. The molecule has 0 bridgehead atoms. The van der Waals surface area contributed by atoms with Gasteiger partial charge < -0.3 is 9.64 Å². The fourth-order valence-electron chi connectivity index (χ4n) is 3.91. The molecule has 3 heterocycles. The largest absolute Gasteiger partial charge is 0.444 e. The molecule has 0 spiro atoms. The molecule has 1 saturated heterocycles. The Morgan fingerprint density at radius 3 is 2.65 bits per heavy atom. The number of hydrogen-bond donors (Lipinski definition) is 2. The Labute approximate surface area is 204 Å². The van der Waals surface area contributed by atoms with Crippen LogP contribution >= 0.6 is 11.3 Å². The van der Waals surface area contributed by atoms with Gasteiger partial charge in [-0.05, 0) is 45.8 Å². The van der Waals surface area contributed by atoms with Gasteiger partial charge in [-0.25, -0.2) is 18.2 Å². The second-order valence-corrected chi connectivity index (χ2v) is 12.1. The fourth-order valence-corrected chi connectivity index (χ4v) is 5.49. The van der Waals surface area contributed by atoms with Crippen LogP contribution in [-0.2, 0) is 19.6 Å². The van der Waals surface area contributed by atoms with Crippen LogP contribution in [0.3, 0.4) is 0 Å². The molecule has 1 atom stereocenters. The second kappa shape index (κ2) is 9.55. The number of ether oxygens (including phenoxy) is 1. The molecule has 2 N–H and O–H groups in total. The molecule has 2 aliphatic heterocycles. The van der Waals surface area contributed by atoms with Gasteiger partial charge in [-0.1, -0.05) is 18.2 Å². The second-order valence-electron chi connectivity index (χ2n) is 9.49. The zero-order chi connectivity index (χ0) is 24.5. The molecule has 2 aliphatic rings. The number of sulfonamides is 1. The van der Waals surface area contributed by atoms with E-state index in [-0.39, 0.29) is 12.0 Å². The van der Waals surface area contributed by atoms with Gasteiger partial charge in [-0.15, -0.1) is 11.3 Å². The molecule has 9 nitrogen and oxygen atoms in total. The van der Waals surface area contributed by atoms with Crippen molar-refractivity contribution in [3.05, 3.63) is 52.0 Å². The molecule has 1 aromatic carbocycles. The van der Waals surface area contributed by atoms with Gasteiger partial charge in [0.1, 0.15) is 11.7 Å². The number of anilines is 1. The minimum absolute atomic E-state index is 0.264. The lowest BCUT2D eigenvalue weighted by atomic mass is 9.98. The van der Waals surface area contributed by atoms with E-state index in [1.807, 2.05) is 44.4 Å². The SMILES string of the molecule is CC(C)(C)OC(=O)N1CCC(c2nc(C3=CC(c4ccccc4NS(C)(=O)=O)ON3)cs2)CC1. The van der Waals surface area contributed by atoms with E-state index in [0.29, 0.717) is 24.3 Å². The summed E-state index contributed by atoms with van der Waals surface area (Å²) in [5.74, 6) is 0.288. The lowest BCUT2D eigenvalue weighted by Crippen LogP contribution is -2.41. The van der Waals surface area contributed by atoms with Crippen LogP contribution in [0.25, 0.3) is 5.70 Å². The number of carbonyl (C=O) groups excluding carboxylic acids is 1. The molecule has 1 amide bonds. The van der Waals surface area contributed by atoms with E-state index in [2.05, 4.69) is 10.2 Å². The molecule has 1 unspecified atom stereocenters. The Morgan fingerprint density at radius 1 is 1.26 bits per heavy atom. The number of carbonyl (C=O) groups is 1. The first-order valence-electron chi connectivity index (χ1n) is 11.1. The number of rotatable bonds is 5. The van der Waals surface area contributed by atoms with Crippen LogP contribution in [0.15, 0.2) is 35.7 Å². The summed E-state index contributed by atoms with van der Waals surface area (Å²) in [7, 11) is -3.41. The molecular formula is C23H30N4O5S2. The Balaban J connectivity index is 1.41. The summed E-state index contributed by atoms with van der Waals surface area (Å²) in [6.45, 7) is 6.90. The van der Waals surface area contributed by atoms with E-state index in [4.69, 9.17) is 14.6 Å². The molecule has 0 radical (unpaired) electrons. The van der Waals surface area contributed by atoms with Gasteiger partial charge in [0.2, 0.25) is 10.0 Å². The lowest BCUT2D eigenvalue weighted by Gasteiger charge is -2.32. The predicted octanol–water partition coefficient (Wildman–Crippen LogP) is 4.25. The van der Waals surface area contributed by atoms with Crippen LogP contribution in [-0.4, -0.2) is 49.3 Å². The first-order valence-corrected chi connectivity index (χ1v) is 13.9. The van der Waals surface area contributed by atoms with Crippen molar-refractivity contribution in [3.63, 3.8) is 0 Å². The van der Waals surface area contributed by atoms with Gasteiger partial charge in [-0.2, -0.15) is 0 Å². The highest BCUT2D eigenvalue weighted by atomic mass is 32.2. The van der Waals surface area contributed by atoms with Crippen LogP contribution in [0.4, 0.5) is 10.5 Å². The maximum Gasteiger partial charge on any atom is 0.410 e. The Hall–Kier alpha value is -2.63. The Kier molecular flexibility index (Phi) is 6.88. The fraction of sp³-hybridized carbons (Fsp3) is 0.478. The molecule has 0 saturated carbocycles. The van der Waals surface area contributed by atoms with Crippen molar-refractivity contribution in [1.82, 2.24) is 15.4 Å². The summed E-state index contributed by atoms with van der Waals surface area (Å²) in [6.07, 6.45) is 3.97. The third-order valence-corrected chi connectivity index (χ3v) is 7.07. The quantitative estimate of drug-likeness (QED) is 0.624. The van der Waals surface area contributed by atoms with Gasteiger partial charge in [0.05, 0.1) is 28.3 Å². The van der Waals surface area contributed by atoms with E-state index in [1.165, 1.54) is 0 Å². The molecule has 2 aromatic rings. The number of para-hydroxylation sites is 1. The first kappa shape index (κ1) is 24.5. The van der Waals surface area contributed by atoms with Crippen molar-refractivity contribution in [2.75, 3.05) is 24.1 Å². The molecule has 4 rings (SSSR count). The minimum atomic E-state index is -3.41. The topological polar surface area (TPSA) is 110 Å². The van der Waals surface area contributed by atoms with E-state index in [1.54, 1.807) is 28.4 Å². The number of piperidine rings is 1. The number of benzene rings is 1. The van der Waals surface area contributed by atoms with Crippen LogP contribution in [0.2, 0.25) is 0 Å². The molecule has 184 valence electrons. The van der Waals surface area contributed by atoms with E-state index in [0.717, 1.165) is 35.5 Å².